The van der Waals surface area contributed by atoms with Gasteiger partial charge in [0.25, 0.3) is 0 Å². The monoisotopic (exact) mass is 334 g/mol. The van der Waals surface area contributed by atoms with E-state index in [2.05, 4.69) is 30.6 Å². The molecule has 0 spiro atoms. The number of aromatic nitrogens is 7. The van der Waals surface area contributed by atoms with Crippen molar-refractivity contribution in [2.75, 3.05) is 12.3 Å². The largest absolute Gasteiger partial charge is 0.394 e. The number of nitrogen functional groups attached to an aromatic ring is 1. The minimum Gasteiger partial charge on any atom is -0.394 e. The molecule has 12 heteroatoms. The fourth-order valence-electron chi connectivity index (χ4n) is 2.86. The number of aliphatic hydroxyl groups is 3. The fourth-order valence-corrected chi connectivity index (χ4v) is 2.86. The third-order valence-corrected chi connectivity index (χ3v) is 4.02. The van der Waals surface area contributed by atoms with Crippen molar-refractivity contribution < 1.29 is 20.1 Å². The molecule has 12 nitrogen and oxygen atoms in total. The SMILES string of the molecule is Nc1ncnc2c1c(-c1nn[nH]n1)cn2[C@@H]1O[C@H](CO)[C@@H](O)[C@H]1O. The van der Waals surface area contributed by atoms with Crippen LogP contribution in [0.15, 0.2) is 12.5 Å². The van der Waals surface area contributed by atoms with Crippen molar-refractivity contribution in [3.63, 3.8) is 0 Å². The van der Waals surface area contributed by atoms with Crippen molar-refractivity contribution in [2.24, 2.45) is 0 Å². The van der Waals surface area contributed by atoms with E-state index in [4.69, 9.17) is 10.5 Å². The first-order valence-electron chi connectivity index (χ1n) is 7.09. The molecule has 4 atom stereocenters. The molecule has 1 aliphatic heterocycles. The summed E-state index contributed by atoms with van der Waals surface area (Å²) in [6, 6.07) is 0. The van der Waals surface area contributed by atoms with Gasteiger partial charge in [-0.2, -0.15) is 5.21 Å². The second kappa shape index (κ2) is 5.45. The quantitative estimate of drug-likeness (QED) is 0.352. The van der Waals surface area contributed by atoms with Crippen LogP contribution in [0.2, 0.25) is 0 Å². The zero-order chi connectivity index (χ0) is 16.8. The highest BCUT2D eigenvalue weighted by atomic mass is 16.6. The predicted octanol–water partition coefficient (Wildman–Crippen LogP) is -2.19. The smallest absolute Gasteiger partial charge is 0.207 e. The molecule has 3 aromatic heterocycles. The lowest BCUT2D eigenvalue weighted by Gasteiger charge is -2.17. The van der Waals surface area contributed by atoms with Crippen LogP contribution in [0.1, 0.15) is 6.23 Å². The Balaban J connectivity index is 1.90. The van der Waals surface area contributed by atoms with Gasteiger partial charge in [0.2, 0.25) is 5.82 Å². The highest BCUT2D eigenvalue weighted by Gasteiger charge is 2.44. The van der Waals surface area contributed by atoms with Crippen LogP contribution in [0.3, 0.4) is 0 Å². The first-order valence-corrected chi connectivity index (χ1v) is 7.09. The van der Waals surface area contributed by atoms with Crippen LogP contribution in [0.4, 0.5) is 5.82 Å². The molecule has 0 radical (unpaired) electrons. The highest BCUT2D eigenvalue weighted by Crippen LogP contribution is 2.36. The molecule has 0 unspecified atom stereocenters. The lowest BCUT2D eigenvalue weighted by Crippen LogP contribution is -2.33. The number of H-pyrrole nitrogens is 1. The highest BCUT2D eigenvalue weighted by molar-refractivity contribution is 5.99. The second-order valence-electron chi connectivity index (χ2n) is 5.37. The summed E-state index contributed by atoms with van der Waals surface area (Å²) < 4.78 is 7.05. The number of tetrazole rings is 1. The molecule has 1 aliphatic rings. The average Bonchev–Trinajstić information content (AvgIpc) is 3.28. The van der Waals surface area contributed by atoms with Crippen LogP contribution in [-0.2, 0) is 4.74 Å². The van der Waals surface area contributed by atoms with Crippen molar-refractivity contribution >= 4 is 16.9 Å². The zero-order valence-corrected chi connectivity index (χ0v) is 12.2. The fraction of sp³-hybridized carbons (Fsp3) is 0.417. The minimum absolute atomic E-state index is 0.199. The van der Waals surface area contributed by atoms with E-state index in [0.717, 1.165) is 0 Å². The topological polar surface area (TPSA) is 181 Å². The average molecular weight is 334 g/mol. The lowest BCUT2D eigenvalue weighted by atomic mass is 10.1. The first-order chi connectivity index (χ1) is 11.6. The number of aliphatic hydroxyl groups excluding tert-OH is 3. The summed E-state index contributed by atoms with van der Waals surface area (Å²) in [7, 11) is 0. The molecule has 0 bridgehead atoms. The number of fused-ring (bicyclic) bond motifs is 1. The van der Waals surface area contributed by atoms with Gasteiger partial charge in [-0.1, -0.05) is 0 Å². The molecule has 4 heterocycles. The Kier molecular flexibility index (Phi) is 3.38. The van der Waals surface area contributed by atoms with Gasteiger partial charge in [-0.3, -0.25) is 0 Å². The summed E-state index contributed by atoms with van der Waals surface area (Å²) in [6.45, 7) is -0.428. The predicted molar refractivity (Wildman–Crippen MR) is 78.1 cm³/mol. The Hall–Kier alpha value is -2.67. The van der Waals surface area contributed by atoms with Crippen LogP contribution >= 0.6 is 0 Å². The third-order valence-electron chi connectivity index (χ3n) is 4.02. The maximum absolute atomic E-state index is 10.2. The van der Waals surface area contributed by atoms with E-state index in [9.17, 15) is 15.3 Å². The summed E-state index contributed by atoms with van der Waals surface area (Å²) >= 11 is 0. The zero-order valence-electron chi connectivity index (χ0n) is 12.2. The number of rotatable bonds is 3. The molecule has 0 amide bonds. The summed E-state index contributed by atoms with van der Waals surface area (Å²) in [5, 5.41) is 43.6. The summed E-state index contributed by atoms with van der Waals surface area (Å²) in [6.07, 6.45) is -1.50. The van der Waals surface area contributed by atoms with Gasteiger partial charge in [0.05, 0.1) is 17.6 Å². The molecular weight excluding hydrogens is 320 g/mol. The summed E-state index contributed by atoms with van der Waals surface area (Å²) in [5.41, 5.74) is 6.81. The second-order valence-corrected chi connectivity index (χ2v) is 5.37. The minimum atomic E-state index is -1.26. The van der Waals surface area contributed by atoms with Crippen molar-refractivity contribution in [3.8, 4) is 11.4 Å². The molecule has 0 aliphatic carbocycles. The van der Waals surface area contributed by atoms with Crippen LogP contribution in [0.5, 0.6) is 0 Å². The molecule has 4 rings (SSSR count). The number of nitrogens with zero attached hydrogens (tertiary/aromatic N) is 6. The third kappa shape index (κ3) is 2.05. The summed E-state index contributed by atoms with van der Waals surface area (Å²) in [5.74, 6) is 0.470. The Morgan fingerprint density at radius 3 is 2.79 bits per heavy atom. The van der Waals surface area contributed by atoms with E-state index in [1.165, 1.54) is 10.9 Å². The number of hydrogen-bond donors (Lipinski definition) is 5. The molecule has 24 heavy (non-hydrogen) atoms. The van der Waals surface area contributed by atoms with Crippen LogP contribution in [-0.4, -0.2) is 75.4 Å². The first kappa shape index (κ1) is 14.9. The molecule has 0 aromatic carbocycles. The Labute approximate surface area is 133 Å². The van der Waals surface area contributed by atoms with E-state index in [1.54, 1.807) is 6.20 Å². The number of nitrogens with two attached hydrogens (primary N) is 1. The Morgan fingerprint density at radius 2 is 2.12 bits per heavy atom. The van der Waals surface area contributed by atoms with E-state index in [1.807, 2.05) is 0 Å². The van der Waals surface area contributed by atoms with Gasteiger partial charge in [-0.05, 0) is 5.21 Å². The van der Waals surface area contributed by atoms with E-state index in [0.29, 0.717) is 16.6 Å². The lowest BCUT2D eigenvalue weighted by molar-refractivity contribution is -0.0508. The molecule has 6 N–H and O–H groups in total. The van der Waals surface area contributed by atoms with E-state index < -0.39 is 31.1 Å². The normalized spacial score (nSPS) is 27.1. The van der Waals surface area contributed by atoms with Crippen LogP contribution in [0, 0.1) is 0 Å². The number of hydrogen-bond acceptors (Lipinski definition) is 10. The molecule has 126 valence electrons. The van der Waals surface area contributed by atoms with Gasteiger partial charge in [0, 0.05) is 6.20 Å². The number of nitrogens with one attached hydrogen (secondary N) is 1. The van der Waals surface area contributed by atoms with Gasteiger partial charge in [0.1, 0.15) is 36.1 Å². The molecule has 3 aromatic rings. The van der Waals surface area contributed by atoms with Gasteiger partial charge in [0.15, 0.2) is 6.23 Å². The van der Waals surface area contributed by atoms with Gasteiger partial charge in [-0.15, -0.1) is 10.2 Å². The van der Waals surface area contributed by atoms with Gasteiger partial charge < -0.3 is 30.4 Å². The van der Waals surface area contributed by atoms with Gasteiger partial charge >= 0.3 is 0 Å². The van der Waals surface area contributed by atoms with Crippen molar-refractivity contribution in [3.05, 3.63) is 12.5 Å². The van der Waals surface area contributed by atoms with Crippen molar-refractivity contribution in [1.29, 1.82) is 0 Å². The maximum atomic E-state index is 10.2. The van der Waals surface area contributed by atoms with Crippen molar-refractivity contribution in [2.45, 2.75) is 24.5 Å². The van der Waals surface area contributed by atoms with Crippen LogP contribution < -0.4 is 5.73 Å². The standard InChI is InChI=1S/C12H14N8O4/c13-9-6-4(10-16-18-19-17-10)1-20(11(6)15-3-14-9)12-8(23)7(22)5(2-21)24-12/h1,3,5,7-8,12,21-23H,2H2,(H2,13,14,15)(H,16,17,18,19)/t5-,7-,8-,12-/m1/s1. The Morgan fingerprint density at radius 1 is 1.29 bits per heavy atom. The van der Waals surface area contributed by atoms with Crippen molar-refractivity contribution in [1.82, 2.24) is 35.2 Å². The number of ether oxygens (including phenoxy) is 1. The Bertz CT molecular complexity index is 865. The number of anilines is 1. The van der Waals surface area contributed by atoms with Crippen LogP contribution in [0.25, 0.3) is 22.4 Å². The van der Waals surface area contributed by atoms with E-state index in [-0.39, 0.29) is 11.6 Å². The number of aromatic amines is 1. The molecule has 0 saturated carbocycles. The van der Waals surface area contributed by atoms with E-state index >= 15 is 0 Å². The maximum Gasteiger partial charge on any atom is 0.207 e. The van der Waals surface area contributed by atoms with Gasteiger partial charge in [-0.25, -0.2) is 9.97 Å². The molecular formula is C12H14N8O4. The molecule has 1 saturated heterocycles. The summed E-state index contributed by atoms with van der Waals surface area (Å²) in [4.78, 5) is 8.14. The molecule has 1 fully saturated rings.